The number of alkyl halides is 1. The molecular weight excluding hydrogens is 313 g/mol. The summed E-state index contributed by atoms with van der Waals surface area (Å²) in [4.78, 5) is 7.38. The van der Waals surface area contributed by atoms with Crippen molar-refractivity contribution in [3.8, 4) is 0 Å². The van der Waals surface area contributed by atoms with Gasteiger partial charge in [0.05, 0.1) is 4.05 Å². The molecule has 0 radical (unpaired) electrons. The first-order chi connectivity index (χ1) is 7.50. The summed E-state index contributed by atoms with van der Waals surface area (Å²) in [6.45, 7) is 7.18. The minimum atomic E-state index is 0.686. The standard InChI is InChI=1S/C12H26IN3/c1-11(13)16-7-5-12(6-8-16)15(4)10-9-14(2)3/h11-12H,5-10H2,1-4H3. The molecule has 0 N–H and O–H groups in total. The molecule has 0 aliphatic carbocycles. The number of hydrogen-bond acceptors (Lipinski definition) is 3. The van der Waals surface area contributed by atoms with Gasteiger partial charge >= 0.3 is 0 Å². The predicted octanol–water partition coefficient (Wildman–Crippen LogP) is 1.73. The topological polar surface area (TPSA) is 9.72 Å². The summed E-state index contributed by atoms with van der Waals surface area (Å²) >= 11 is 2.52. The first-order valence-corrected chi connectivity index (χ1v) is 7.48. The van der Waals surface area contributed by atoms with Crippen LogP contribution in [-0.4, -0.2) is 72.1 Å². The highest BCUT2D eigenvalue weighted by Crippen LogP contribution is 2.19. The minimum Gasteiger partial charge on any atom is -0.308 e. The predicted molar refractivity (Wildman–Crippen MR) is 79.3 cm³/mol. The van der Waals surface area contributed by atoms with E-state index in [0.29, 0.717) is 4.05 Å². The zero-order valence-corrected chi connectivity index (χ0v) is 13.3. The van der Waals surface area contributed by atoms with Crippen LogP contribution in [0.5, 0.6) is 0 Å². The van der Waals surface area contributed by atoms with Crippen molar-refractivity contribution in [2.45, 2.75) is 29.9 Å². The van der Waals surface area contributed by atoms with Crippen molar-refractivity contribution in [2.75, 3.05) is 47.3 Å². The monoisotopic (exact) mass is 339 g/mol. The van der Waals surface area contributed by atoms with Gasteiger partial charge in [-0.15, -0.1) is 0 Å². The van der Waals surface area contributed by atoms with Crippen molar-refractivity contribution in [1.29, 1.82) is 0 Å². The highest BCUT2D eigenvalue weighted by atomic mass is 127. The summed E-state index contributed by atoms with van der Waals surface area (Å²) in [6, 6.07) is 0.798. The molecule has 4 heteroatoms. The van der Waals surface area contributed by atoms with Crippen LogP contribution >= 0.6 is 22.6 Å². The lowest BCUT2D eigenvalue weighted by Gasteiger charge is -2.38. The summed E-state index contributed by atoms with van der Waals surface area (Å²) in [5.41, 5.74) is 0. The van der Waals surface area contributed by atoms with E-state index in [1.165, 1.54) is 39.0 Å². The fourth-order valence-corrected chi connectivity index (χ4v) is 2.78. The Hall–Kier alpha value is 0.610. The molecule has 1 unspecified atom stereocenters. The van der Waals surface area contributed by atoms with Gasteiger partial charge in [0, 0.05) is 32.2 Å². The molecule has 96 valence electrons. The average molecular weight is 339 g/mol. The molecule has 1 atom stereocenters. The maximum atomic E-state index is 2.58. The zero-order chi connectivity index (χ0) is 12.1. The smallest absolute Gasteiger partial charge is 0.0589 e. The Balaban J connectivity index is 2.24. The van der Waals surface area contributed by atoms with E-state index in [-0.39, 0.29) is 0 Å². The van der Waals surface area contributed by atoms with Crippen LogP contribution in [0.25, 0.3) is 0 Å². The summed E-state index contributed by atoms with van der Waals surface area (Å²) in [5.74, 6) is 0. The van der Waals surface area contributed by atoms with Gasteiger partial charge in [-0.2, -0.15) is 0 Å². The number of likely N-dealkylation sites (tertiary alicyclic amines) is 1. The normalized spacial score (nSPS) is 21.9. The lowest BCUT2D eigenvalue weighted by Crippen LogP contribution is -2.46. The number of nitrogens with zero attached hydrogens (tertiary/aromatic N) is 3. The molecule has 1 aliphatic heterocycles. The summed E-state index contributed by atoms with van der Waals surface area (Å²) in [7, 11) is 6.57. The third kappa shape index (κ3) is 4.85. The van der Waals surface area contributed by atoms with E-state index >= 15 is 0 Å². The summed E-state index contributed by atoms with van der Waals surface area (Å²) < 4.78 is 0.686. The van der Waals surface area contributed by atoms with Crippen LogP contribution in [0.1, 0.15) is 19.8 Å². The van der Waals surface area contributed by atoms with E-state index in [4.69, 9.17) is 0 Å². The Morgan fingerprint density at radius 1 is 1.19 bits per heavy atom. The van der Waals surface area contributed by atoms with E-state index in [1.807, 2.05) is 0 Å². The van der Waals surface area contributed by atoms with Crippen molar-refractivity contribution >= 4 is 22.6 Å². The second-order valence-corrected chi connectivity index (χ2v) is 6.93. The molecule has 0 aromatic rings. The van der Waals surface area contributed by atoms with Crippen LogP contribution in [0.3, 0.4) is 0 Å². The lowest BCUT2D eigenvalue weighted by molar-refractivity contribution is 0.122. The number of likely N-dealkylation sites (N-methyl/N-ethyl adjacent to an activating group) is 2. The Kier molecular flexibility index (Phi) is 6.54. The molecule has 16 heavy (non-hydrogen) atoms. The molecule has 0 amide bonds. The van der Waals surface area contributed by atoms with Crippen molar-refractivity contribution in [3.05, 3.63) is 0 Å². The number of hydrogen-bond donors (Lipinski definition) is 0. The Morgan fingerprint density at radius 2 is 1.75 bits per heavy atom. The van der Waals surface area contributed by atoms with Crippen molar-refractivity contribution in [1.82, 2.24) is 14.7 Å². The van der Waals surface area contributed by atoms with Gasteiger partial charge in [0.2, 0.25) is 0 Å². The third-order valence-electron chi connectivity index (χ3n) is 3.53. The Labute approximate surface area is 114 Å². The molecule has 0 aromatic carbocycles. The average Bonchev–Trinajstić information content (AvgIpc) is 2.26. The molecule has 1 aliphatic rings. The maximum Gasteiger partial charge on any atom is 0.0589 e. The molecule has 0 spiro atoms. The lowest BCUT2D eigenvalue weighted by atomic mass is 10.0. The Bertz CT molecular complexity index is 189. The summed E-state index contributed by atoms with van der Waals surface area (Å²) in [6.07, 6.45) is 2.66. The molecular formula is C12H26IN3. The number of piperidine rings is 1. The first kappa shape index (κ1) is 14.7. The van der Waals surface area contributed by atoms with E-state index in [0.717, 1.165) is 6.04 Å². The molecule has 0 bridgehead atoms. The fraction of sp³-hybridized carbons (Fsp3) is 1.00. The van der Waals surface area contributed by atoms with Crippen LogP contribution in [0, 0.1) is 0 Å². The molecule has 1 saturated heterocycles. The van der Waals surface area contributed by atoms with Gasteiger partial charge < -0.3 is 9.80 Å². The van der Waals surface area contributed by atoms with Gasteiger partial charge in [-0.25, -0.2) is 0 Å². The molecule has 3 nitrogen and oxygen atoms in total. The SMILES string of the molecule is CC(I)N1CCC(N(C)CCN(C)C)CC1. The quantitative estimate of drug-likeness (QED) is 0.429. The van der Waals surface area contributed by atoms with Gasteiger partial charge in [0.15, 0.2) is 0 Å². The molecule has 0 aromatic heterocycles. The van der Waals surface area contributed by atoms with Crippen molar-refractivity contribution < 1.29 is 0 Å². The number of rotatable bonds is 5. The van der Waals surface area contributed by atoms with E-state index in [1.54, 1.807) is 0 Å². The molecule has 0 saturated carbocycles. The van der Waals surface area contributed by atoms with Gasteiger partial charge in [-0.3, -0.25) is 4.90 Å². The first-order valence-electron chi connectivity index (χ1n) is 6.24. The van der Waals surface area contributed by atoms with Crippen molar-refractivity contribution in [3.63, 3.8) is 0 Å². The maximum absolute atomic E-state index is 2.58. The van der Waals surface area contributed by atoms with E-state index in [9.17, 15) is 0 Å². The van der Waals surface area contributed by atoms with Crippen molar-refractivity contribution in [2.24, 2.45) is 0 Å². The molecule has 1 fully saturated rings. The zero-order valence-electron chi connectivity index (χ0n) is 11.1. The van der Waals surface area contributed by atoms with E-state index in [2.05, 4.69) is 65.4 Å². The highest BCUT2D eigenvalue weighted by molar-refractivity contribution is 14.1. The Morgan fingerprint density at radius 3 is 2.19 bits per heavy atom. The second kappa shape index (κ2) is 7.13. The molecule has 1 rings (SSSR count). The van der Waals surface area contributed by atoms with Gasteiger partial charge in [-0.1, -0.05) is 22.6 Å². The van der Waals surface area contributed by atoms with E-state index < -0.39 is 0 Å². The van der Waals surface area contributed by atoms with Crippen LogP contribution in [0.2, 0.25) is 0 Å². The number of halogens is 1. The van der Waals surface area contributed by atoms with Crippen LogP contribution in [0.15, 0.2) is 0 Å². The minimum absolute atomic E-state index is 0.686. The largest absolute Gasteiger partial charge is 0.308 e. The molecule has 1 heterocycles. The highest BCUT2D eigenvalue weighted by Gasteiger charge is 2.23. The van der Waals surface area contributed by atoms with Gasteiger partial charge in [0.1, 0.15) is 0 Å². The van der Waals surface area contributed by atoms with Crippen LogP contribution in [-0.2, 0) is 0 Å². The summed E-state index contributed by atoms with van der Waals surface area (Å²) in [5, 5.41) is 0. The fourth-order valence-electron chi connectivity index (χ4n) is 2.22. The van der Waals surface area contributed by atoms with Crippen LogP contribution in [0.4, 0.5) is 0 Å². The second-order valence-electron chi connectivity index (χ2n) is 5.13. The van der Waals surface area contributed by atoms with Gasteiger partial charge in [0.25, 0.3) is 0 Å². The third-order valence-corrected chi connectivity index (χ3v) is 4.31. The van der Waals surface area contributed by atoms with Gasteiger partial charge in [-0.05, 0) is 40.9 Å². The van der Waals surface area contributed by atoms with Crippen LogP contribution < -0.4 is 0 Å².